The third kappa shape index (κ3) is 3.38. The van der Waals surface area contributed by atoms with Gasteiger partial charge in [-0.1, -0.05) is 12.1 Å². The minimum Gasteiger partial charge on any atom is -0.316 e. The van der Waals surface area contributed by atoms with E-state index < -0.39 is 0 Å². The molecule has 1 rings (SSSR count). The van der Waals surface area contributed by atoms with Gasteiger partial charge in [0.05, 0.1) is 0 Å². The van der Waals surface area contributed by atoms with Crippen molar-refractivity contribution in [3.63, 3.8) is 0 Å². The van der Waals surface area contributed by atoms with Crippen LogP contribution in [0.15, 0.2) is 37.2 Å². The summed E-state index contributed by atoms with van der Waals surface area (Å²) in [7, 11) is 1.98. The highest BCUT2D eigenvalue weighted by molar-refractivity contribution is 5.10. The number of hydrogen-bond donors (Lipinski definition) is 1. The third-order valence-electron chi connectivity index (χ3n) is 2.06. The van der Waals surface area contributed by atoms with E-state index in [1.54, 1.807) is 6.20 Å². The molecule has 1 N–H and O–H groups in total. The van der Waals surface area contributed by atoms with Crippen molar-refractivity contribution < 1.29 is 0 Å². The van der Waals surface area contributed by atoms with Crippen molar-refractivity contribution in [1.29, 1.82) is 0 Å². The highest BCUT2D eigenvalue weighted by Crippen LogP contribution is 2.03. The molecule has 2 nitrogen and oxygen atoms in total. The second-order valence-corrected chi connectivity index (χ2v) is 3.08. The molecule has 0 amide bonds. The van der Waals surface area contributed by atoms with Crippen LogP contribution in [0.5, 0.6) is 0 Å². The van der Waals surface area contributed by atoms with Crippen molar-refractivity contribution >= 4 is 0 Å². The van der Waals surface area contributed by atoms with Gasteiger partial charge in [0.25, 0.3) is 0 Å². The summed E-state index contributed by atoms with van der Waals surface area (Å²) in [4.78, 5) is 4.08. The first-order valence-corrected chi connectivity index (χ1v) is 4.54. The Balaban J connectivity index is 2.51. The minimum absolute atomic E-state index is 0.474. The van der Waals surface area contributed by atoms with Gasteiger partial charge in [-0.25, -0.2) is 0 Å². The number of rotatable bonds is 5. The summed E-state index contributed by atoms with van der Waals surface area (Å²) in [5.41, 5.74) is 1.27. The minimum atomic E-state index is 0.474. The summed E-state index contributed by atoms with van der Waals surface area (Å²) < 4.78 is 0. The third-order valence-corrected chi connectivity index (χ3v) is 2.06. The number of nitrogens with one attached hydrogen (secondary N) is 1. The average Bonchev–Trinajstić information content (AvgIpc) is 2.19. The molecule has 70 valence electrons. The fourth-order valence-electron chi connectivity index (χ4n) is 1.31. The number of aromatic nitrogens is 1. The fourth-order valence-corrected chi connectivity index (χ4v) is 1.31. The number of likely N-dealkylation sites (N-methyl/N-ethyl adjacent to an activating group) is 1. The van der Waals surface area contributed by atoms with Gasteiger partial charge in [-0.05, 0) is 31.5 Å². The van der Waals surface area contributed by atoms with Crippen molar-refractivity contribution in [3.8, 4) is 0 Å². The Morgan fingerprint density at radius 2 is 2.54 bits per heavy atom. The molecule has 0 fully saturated rings. The Morgan fingerprint density at radius 3 is 3.08 bits per heavy atom. The summed E-state index contributed by atoms with van der Waals surface area (Å²) in [5.74, 6) is 0. The molecule has 1 unspecified atom stereocenters. The second-order valence-electron chi connectivity index (χ2n) is 3.08. The zero-order valence-electron chi connectivity index (χ0n) is 8.03. The van der Waals surface area contributed by atoms with Gasteiger partial charge in [0.1, 0.15) is 0 Å². The van der Waals surface area contributed by atoms with Gasteiger partial charge in [-0.2, -0.15) is 0 Å². The lowest BCUT2D eigenvalue weighted by atomic mass is 10.1. The maximum absolute atomic E-state index is 4.08. The van der Waals surface area contributed by atoms with E-state index in [9.17, 15) is 0 Å². The van der Waals surface area contributed by atoms with E-state index in [1.807, 2.05) is 25.4 Å². The first kappa shape index (κ1) is 9.93. The van der Waals surface area contributed by atoms with Crippen LogP contribution in [0.4, 0.5) is 0 Å². The molecule has 0 bridgehead atoms. The zero-order chi connectivity index (χ0) is 9.52. The van der Waals surface area contributed by atoms with Crippen LogP contribution < -0.4 is 5.32 Å². The molecule has 13 heavy (non-hydrogen) atoms. The van der Waals surface area contributed by atoms with Gasteiger partial charge < -0.3 is 5.32 Å². The maximum atomic E-state index is 4.08. The van der Waals surface area contributed by atoms with E-state index in [2.05, 4.69) is 22.9 Å². The highest BCUT2D eigenvalue weighted by atomic mass is 14.9. The van der Waals surface area contributed by atoms with Crippen molar-refractivity contribution in [3.05, 3.63) is 42.7 Å². The lowest BCUT2D eigenvalue weighted by molar-refractivity contribution is 0.565. The van der Waals surface area contributed by atoms with Gasteiger partial charge in [0.15, 0.2) is 0 Å². The summed E-state index contributed by atoms with van der Waals surface area (Å²) in [6, 6.07) is 4.54. The summed E-state index contributed by atoms with van der Waals surface area (Å²) >= 11 is 0. The van der Waals surface area contributed by atoms with Crippen LogP contribution in [-0.4, -0.2) is 18.1 Å². The van der Waals surface area contributed by atoms with Crippen LogP contribution >= 0.6 is 0 Å². The van der Waals surface area contributed by atoms with Crippen molar-refractivity contribution in [2.75, 3.05) is 7.05 Å². The summed E-state index contributed by atoms with van der Waals surface area (Å²) in [5, 5.41) is 3.25. The Bertz CT molecular complexity index is 244. The van der Waals surface area contributed by atoms with Crippen LogP contribution in [0.25, 0.3) is 0 Å². The normalized spacial score (nSPS) is 12.4. The molecule has 2 heteroatoms. The number of pyridine rings is 1. The van der Waals surface area contributed by atoms with Crippen molar-refractivity contribution in [1.82, 2.24) is 10.3 Å². The van der Waals surface area contributed by atoms with Crippen LogP contribution in [0.2, 0.25) is 0 Å². The first-order chi connectivity index (χ1) is 6.36. The van der Waals surface area contributed by atoms with Gasteiger partial charge in [0.2, 0.25) is 0 Å². The largest absolute Gasteiger partial charge is 0.316 e. The Kier molecular flexibility index (Phi) is 4.19. The van der Waals surface area contributed by atoms with Crippen LogP contribution in [-0.2, 0) is 6.42 Å². The van der Waals surface area contributed by atoms with E-state index >= 15 is 0 Å². The van der Waals surface area contributed by atoms with Gasteiger partial charge >= 0.3 is 0 Å². The van der Waals surface area contributed by atoms with Gasteiger partial charge in [-0.3, -0.25) is 4.98 Å². The predicted octanol–water partition coefficient (Wildman–Crippen LogP) is 1.79. The van der Waals surface area contributed by atoms with Gasteiger partial charge in [0, 0.05) is 18.4 Å². The molecule has 1 heterocycles. The Hall–Kier alpha value is -1.15. The first-order valence-electron chi connectivity index (χ1n) is 4.54. The molecule has 0 saturated carbocycles. The molecule has 1 atom stereocenters. The molecular weight excluding hydrogens is 160 g/mol. The van der Waals surface area contributed by atoms with E-state index in [0.717, 1.165) is 12.8 Å². The topological polar surface area (TPSA) is 24.9 Å². The van der Waals surface area contributed by atoms with E-state index in [0.29, 0.717) is 6.04 Å². The molecule has 0 spiro atoms. The number of hydrogen-bond acceptors (Lipinski definition) is 2. The monoisotopic (exact) mass is 176 g/mol. The molecule has 0 aliphatic rings. The van der Waals surface area contributed by atoms with Crippen LogP contribution in [0.3, 0.4) is 0 Å². The molecule has 0 saturated heterocycles. The van der Waals surface area contributed by atoms with Crippen LogP contribution in [0, 0.1) is 0 Å². The smallest absolute Gasteiger partial charge is 0.0300 e. The molecule has 0 aliphatic heterocycles. The van der Waals surface area contributed by atoms with Crippen molar-refractivity contribution in [2.24, 2.45) is 0 Å². The van der Waals surface area contributed by atoms with E-state index in [4.69, 9.17) is 0 Å². The lowest BCUT2D eigenvalue weighted by Gasteiger charge is -2.13. The maximum Gasteiger partial charge on any atom is 0.0300 e. The Morgan fingerprint density at radius 1 is 1.69 bits per heavy atom. The molecular formula is C11H16N2. The lowest BCUT2D eigenvalue weighted by Crippen LogP contribution is -2.26. The van der Waals surface area contributed by atoms with E-state index in [1.165, 1.54) is 5.56 Å². The average molecular weight is 176 g/mol. The molecule has 1 aromatic heterocycles. The predicted molar refractivity (Wildman–Crippen MR) is 55.6 cm³/mol. The Labute approximate surface area is 79.7 Å². The van der Waals surface area contributed by atoms with E-state index in [-0.39, 0.29) is 0 Å². The molecule has 0 aliphatic carbocycles. The molecule has 0 radical (unpaired) electrons. The standard InChI is InChI=1S/C11H16N2/c1-3-5-11(12-2)8-10-6-4-7-13-9-10/h3-4,6-7,9,11-12H,1,5,8H2,2H3. The van der Waals surface area contributed by atoms with Crippen molar-refractivity contribution in [2.45, 2.75) is 18.9 Å². The molecule has 0 aromatic carbocycles. The van der Waals surface area contributed by atoms with Gasteiger partial charge in [-0.15, -0.1) is 6.58 Å². The molecule has 1 aromatic rings. The van der Waals surface area contributed by atoms with Crippen LogP contribution in [0.1, 0.15) is 12.0 Å². The summed E-state index contributed by atoms with van der Waals surface area (Å²) in [6.07, 6.45) is 7.65. The highest BCUT2D eigenvalue weighted by Gasteiger charge is 2.04. The second kappa shape index (κ2) is 5.49. The SMILES string of the molecule is C=CCC(Cc1cccnc1)NC. The fraction of sp³-hybridized carbons (Fsp3) is 0.364. The zero-order valence-corrected chi connectivity index (χ0v) is 8.03. The quantitative estimate of drug-likeness (QED) is 0.692. The number of nitrogens with zero attached hydrogens (tertiary/aromatic N) is 1. The summed E-state index contributed by atoms with van der Waals surface area (Å²) in [6.45, 7) is 3.73.